The molecule has 7 heteroatoms. The molecule has 0 saturated carbocycles. The quantitative estimate of drug-likeness (QED) is 0.932. The Kier molecular flexibility index (Phi) is 3.46. The number of H-pyrrole nitrogens is 1. The minimum absolute atomic E-state index is 0.203. The summed E-state index contributed by atoms with van der Waals surface area (Å²) in [6.07, 6.45) is 2.49. The Balaban J connectivity index is 1.98. The number of methoxy groups -OCH3 is 1. The van der Waals surface area contributed by atoms with E-state index >= 15 is 0 Å². The van der Waals surface area contributed by atoms with Crippen LogP contribution in [0.4, 0.5) is 0 Å². The Morgan fingerprint density at radius 3 is 2.95 bits per heavy atom. The molecule has 1 aliphatic heterocycles. The normalized spacial score (nSPS) is 15.7. The zero-order valence-electron chi connectivity index (χ0n) is 12.0. The van der Waals surface area contributed by atoms with E-state index < -0.39 is 10.0 Å². The van der Waals surface area contributed by atoms with Crippen LogP contribution in [0.1, 0.15) is 16.8 Å². The summed E-state index contributed by atoms with van der Waals surface area (Å²) in [7, 11) is -2.11. The van der Waals surface area contributed by atoms with Crippen LogP contribution >= 0.6 is 0 Å². The fourth-order valence-corrected chi connectivity index (χ4v) is 4.06. The van der Waals surface area contributed by atoms with Crippen LogP contribution in [0.2, 0.25) is 0 Å². The number of nitrogens with zero attached hydrogens (tertiary/aromatic N) is 2. The fourth-order valence-electron chi connectivity index (χ4n) is 2.52. The highest BCUT2D eigenvalue weighted by Gasteiger charge is 2.31. The lowest BCUT2D eigenvalue weighted by atomic mass is 10.1. The first-order chi connectivity index (χ1) is 10.0. The van der Waals surface area contributed by atoms with Gasteiger partial charge in [-0.2, -0.15) is 9.40 Å². The van der Waals surface area contributed by atoms with E-state index in [0.29, 0.717) is 18.7 Å². The van der Waals surface area contributed by atoms with E-state index in [-0.39, 0.29) is 11.4 Å². The molecule has 0 bridgehead atoms. The summed E-state index contributed by atoms with van der Waals surface area (Å²) in [5.41, 5.74) is 2.83. The Morgan fingerprint density at radius 2 is 2.19 bits per heavy atom. The van der Waals surface area contributed by atoms with Crippen molar-refractivity contribution in [3.05, 3.63) is 41.2 Å². The number of sulfonamides is 1. The summed E-state index contributed by atoms with van der Waals surface area (Å²) >= 11 is 0. The number of aryl methyl sites for hydroxylation is 1. The highest BCUT2D eigenvalue weighted by Crippen LogP contribution is 2.30. The van der Waals surface area contributed by atoms with Gasteiger partial charge in [-0.25, -0.2) is 8.42 Å². The lowest BCUT2D eigenvalue weighted by molar-refractivity contribution is 0.375. The highest BCUT2D eigenvalue weighted by atomic mass is 32.2. The molecule has 0 atom stereocenters. The van der Waals surface area contributed by atoms with Crippen LogP contribution in [0.5, 0.6) is 5.75 Å². The Morgan fingerprint density at radius 1 is 1.38 bits per heavy atom. The van der Waals surface area contributed by atoms with Crippen LogP contribution in [0.3, 0.4) is 0 Å². The number of nitrogens with one attached hydrogen (secondary N) is 1. The van der Waals surface area contributed by atoms with E-state index in [1.165, 1.54) is 11.4 Å². The topological polar surface area (TPSA) is 75.3 Å². The maximum atomic E-state index is 12.8. The third kappa shape index (κ3) is 2.43. The molecule has 1 aromatic heterocycles. The number of ether oxygens (including phenoxy) is 1. The lowest BCUT2D eigenvalue weighted by Gasteiger charge is -2.26. The predicted octanol–water partition coefficient (Wildman–Crippen LogP) is 1.47. The van der Waals surface area contributed by atoms with Gasteiger partial charge in [0.2, 0.25) is 10.0 Å². The summed E-state index contributed by atoms with van der Waals surface area (Å²) in [6, 6.07) is 5.11. The average Bonchev–Trinajstić information content (AvgIpc) is 2.94. The number of aromatic nitrogens is 2. The second-order valence-corrected chi connectivity index (χ2v) is 7.01. The molecule has 2 aromatic rings. The maximum absolute atomic E-state index is 12.8. The predicted molar refractivity (Wildman–Crippen MR) is 77.6 cm³/mol. The molecule has 112 valence electrons. The van der Waals surface area contributed by atoms with Gasteiger partial charge in [-0.1, -0.05) is 6.07 Å². The number of aromatic amines is 1. The largest absolute Gasteiger partial charge is 0.495 e. The molecule has 1 aliphatic rings. The monoisotopic (exact) mass is 307 g/mol. The van der Waals surface area contributed by atoms with Gasteiger partial charge < -0.3 is 4.74 Å². The summed E-state index contributed by atoms with van der Waals surface area (Å²) in [5, 5.41) is 6.89. The van der Waals surface area contributed by atoms with E-state index in [1.807, 2.05) is 13.1 Å². The van der Waals surface area contributed by atoms with Crippen LogP contribution in [-0.4, -0.2) is 36.6 Å². The van der Waals surface area contributed by atoms with E-state index in [9.17, 15) is 8.42 Å². The first kappa shape index (κ1) is 14.1. The SMILES string of the molecule is COc1cc(C)ccc1S(=O)(=O)N1CCc2c[nH]nc2C1. The van der Waals surface area contributed by atoms with E-state index in [4.69, 9.17) is 4.74 Å². The van der Waals surface area contributed by atoms with Crippen molar-refractivity contribution < 1.29 is 13.2 Å². The minimum Gasteiger partial charge on any atom is -0.495 e. The second kappa shape index (κ2) is 5.16. The molecule has 21 heavy (non-hydrogen) atoms. The molecule has 0 amide bonds. The Bertz CT molecular complexity index is 768. The van der Waals surface area contributed by atoms with Crippen LogP contribution in [0, 0.1) is 6.92 Å². The summed E-state index contributed by atoms with van der Waals surface area (Å²) in [6.45, 7) is 2.64. The van der Waals surface area contributed by atoms with E-state index in [1.54, 1.807) is 18.2 Å². The standard InChI is InChI=1S/C14H17N3O3S/c1-10-3-4-14(13(7-10)20-2)21(18,19)17-6-5-11-8-15-16-12(11)9-17/h3-4,7-8H,5-6,9H2,1-2H3,(H,15,16). The molecule has 2 heterocycles. The van der Waals surface area contributed by atoms with Crippen molar-refractivity contribution in [1.29, 1.82) is 0 Å². The summed E-state index contributed by atoms with van der Waals surface area (Å²) < 4.78 is 32.3. The number of fused-ring (bicyclic) bond motifs is 1. The Labute approximate surface area is 123 Å². The van der Waals surface area contributed by atoms with Gasteiger partial charge in [-0.15, -0.1) is 0 Å². The Hall–Kier alpha value is -1.86. The van der Waals surface area contributed by atoms with Gasteiger partial charge in [-0.05, 0) is 36.6 Å². The van der Waals surface area contributed by atoms with Gasteiger partial charge in [0, 0.05) is 12.7 Å². The van der Waals surface area contributed by atoms with Crippen LogP contribution in [0.15, 0.2) is 29.3 Å². The molecule has 1 N–H and O–H groups in total. The van der Waals surface area contributed by atoms with E-state index in [2.05, 4.69) is 10.2 Å². The van der Waals surface area contributed by atoms with Gasteiger partial charge >= 0.3 is 0 Å². The molecule has 0 spiro atoms. The van der Waals surface area contributed by atoms with Crippen LogP contribution in [0.25, 0.3) is 0 Å². The number of hydrogen-bond acceptors (Lipinski definition) is 4. The van der Waals surface area contributed by atoms with Crippen molar-refractivity contribution in [2.24, 2.45) is 0 Å². The zero-order chi connectivity index (χ0) is 15.0. The molecular formula is C14H17N3O3S. The van der Waals surface area contributed by atoms with Crippen molar-refractivity contribution in [2.75, 3.05) is 13.7 Å². The molecule has 3 rings (SSSR count). The smallest absolute Gasteiger partial charge is 0.247 e. The van der Waals surface area contributed by atoms with Crippen molar-refractivity contribution in [3.8, 4) is 5.75 Å². The molecule has 6 nitrogen and oxygen atoms in total. The molecule has 0 aliphatic carbocycles. The van der Waals surface area contributed by atoms with Crippen molar-refractivity contribution >= 4 is 10.0 Å². The van der Waals surface area contributed by atoms with E-state index in [0.717, 1.165) is 16.8 Å². The van der Waals surface area contributed by atoms with Crippen molar-refractivity contribution in [1.82, 2.24) is 14.5 Å². The van der Waals surface area contributed by atoms with Gasteiger partial charge in [0.25, 0.3) is 0 Å². The number of hydrogen-bond donors (Lipinski definition) is 1. The number of rotatable bonds is 3. The minimum atomic E-state index is -3.59. The summed E-state index contributed by atoms with van der Waals surface area (Å²) in [4.78, 5) is 0.203. The second-order valence-electron chi connectivity index (χ2n) is 5.10. The zero-order valence-corrected chi connectivity index (χ0v) is 12.8. The summed E-state index contributed by atoms with van der Waals surface area (Å²) in [5.74, 6) is 0.378. The third-order valence-corrected chi connectivity index (χ3v) is 5.59. The highest BCUT2D eigenvalue weighted by molar-refractivity contribution is 7.89. The molecule has 0 unspecified atom stereocenters. The van der Waals surface area contributed by atoms with Crippen LogP contribution in [-0.2, 0) is 23.0 Å². The first-order valence-electron chi connectivity index (χ1n) is 6.68. The van der Waals surface area contributed by atoms with Crippen molar-refractivity contribution in [2.45, 2.75) is 24.8 Å². The van der Waals surface area contributed by atoms with Gasteiger partial charge in [0.05, 0.1) is 19.3 Å². The van der Waals surface area contributed by atoms with Gasteiger partial charge in [0.15, 0.2) is 0 Å². The van der Waals surface area contributed by atoms with Crippen molar-refractivity contribution in [3.63, 3.8) is 0 Å². The van der Waals surface area contributed by atoms with Crippen LogP contribution < -0.4 is 4.74 Å². The third-order valence-electron chi connectivity index (χ3n) is 3.70. The molecular weight excluding hydrogens is 290 g/mol. The maximum Gasteiger partial charge on any atom is 0.247 e. The lowest BCUT2D eigenvalue weighted by Crippen LogP contribution is -2.36. The molecule has 1 aromatic carbocycles. The number of benzene rings is 1. The fraction of sp³-hybridized carbons (Fsp3) is 0.357. The molecule has 0 radical (unpaired) electrons. The van der Waals surface area contributed by atoms with Gasteiger partial charge in [-0.3, -0.25) is 5.10 Å². The first-order valence-corrected chi connectivity index (χ1v) is 8.12. The van der Waals surface area contributed by atoms with Gasteiger partial charge in [0.1, 0.15) is 10.6 Å². The molecule has 0 fully saturated rings. The average molecular weight is 307 g/mol. The molecule has 0 saturated heterocycles.